The van der Waals surface area contributed by atoms with E-state index in [2.05, 4.69) is 21.3 Å². The van der Waals surface area contributed by atoms with Gasteiger partial charge in [0.05, 0.1) is 10.2 Å². The summed E-state index contributed by atoms with van der Waals surface area (Å²) in [5.41, 5.74) is 5.35. The van der Waals surface area contributed by atoms with E-state index in [9.17, 15) is 9.59 Å². The standard InChI is InChI=1S/C40H36N4O4S/c1-25-28(15-11-18-33(25)47-27-13-6-5-7-14-27)29-20-21-35(42-36(29)38(46)48-40(2,3)4)44-23-22-26-12-10-16-30(31(26)24-44)37(45)43-39-41-32-17-8-9-19-34(32)49-39/h5-21H,22-24H2,1-4H3,(H,41,43,45). The summed E-state index contributed by atoms with van der Waals surface area (Å²) in [6.45, 7) is 8.64. The molecule has 0 aliphatic carbocycles. The SMILES string of the molecule is Cc1c(Oc2ccccc2)cccc1-c1ccc(N2CCc3cccc(C(=O)Nc4nc5ccccc5s4)c3C2)nc1C(=O)OC(C)(C)C. The Kier molecular flexibility index (Phi) is 8.60. The molecular weight excluding hydrogens is 633 g/mol. The molecule has 1 aliphatic rings. The van der Waals surface area contributed by atoms with Crippen LogP contribution >= 0.6 is 11.3 Å². The number of ether oxygens (including phenoxy) is 2. The number of hydrogen-bond acceptors (Lipinski definition) is 8. The van der Waals surface area contributed by atoms with Gasteiger partial charge in [-0.05, 0) is 105 Å². The number of carbonyl (C=O) groups excluding carboxylic acids is 2. The van der Waals surface area contributed by atoms with Gasteiger partial charge in [0.15, 0.2) is 10.8 Å². The molecule has 0 unspecified atom stereocenters. The van der Waals surface area contributed by atoms with Gasteiger partial charge in [0.25, 0.3) is 5.91 Å². The molecule has 2 aromatic heterocycles. The Morgan fingerprint density at radius 3 is 2.41 bits per heavy atom. The molecular formula is C40H36N4O4S. The molecule has 1 amide bonds. The first-order valence-corrected chi connectivity index (χ1v) is 17.0. The predicted octanol–water partition coefficient (Wildman–Crippen LogP) is 9.23. The lowest BCUT2D eigenvalue weighted by molar-refractivity contribution is 0.00638. The van der Waals surface area contributed by atoms with Gasteiger partial charge in [-0.25, -0.2) is 14.8 Å². The van der Waals surface area contributed by atoms with E-state index in [1.807, 2.05) is 125 Å². The van der Waals surface area contributed by atoms with Gasteiger partial charge < -0.3 is 14.4 Å². The number of esters is 1. The molecule has 1 aliphatic heterocycles. The van der Waals surface area contributed by atoms with Gasteiger partial charge in [0.2, 0.25) is 0 Å². The van der Waals surface area contributed by atoms with Crippen molar-refractivity contribution >= 4 is 44.4 Å². The highest BCUT2D eigenvalue weighted by atomic mass is 32.1. The lowest BCUT2D eigenvalue weighted by atomic mass is 9.94. The third-order valence-electron chi connectivity index (χ3n) is 8.37. The lowest BCUT2D eigenvalue weighted by Crippen LogP contribution is -2.33. The minimum absolute atomic E-state index is 0.205. The van der Waals surface area contributed by atoms with E-state index < -0.39 is 11.6 Å². The van der Waals surface area contributed by atoms with Crippen molar-refractivity contribution in [3.8, 4) is 22.6 Å². The molecule has 0 radical (unpaired) electrons. The molecule has 0 spiro atoms. The van der Waals surface area contributed by atoms with E-state index in [1.54, 1.807) is 0 Å². The second kappa shape index (κ2) is 13.2. The summed E-state index contributed by atoms with van der Waals surface area (Å²) in [5.74, 6) is 1.33. The minimum Gasteiger partial charge on any atom is -0.457 e. The number of carbonyl (C=O) groups is 2. The van der Waals surface area contributed by atoms with Gasteiger partial charge in [-0.15, -0.1) is 0 Å². The lowest BCUT2D eigenvalue weighted by Gasteiger charge is -2.31. The van der Waals surface area contributed by atoms with E-state index in [0.717, 1.165) is 44.6 Å². The zero-order valence-electron chi connectivity index (χ0n) is 27.8. The van der Waals surface area contributed by atoms with Crippen LogP contribution in [0.15, 0.2) is 103 Å². The van der Waals surface area contributed by atoms with Gasteiger partial charge in [-0.2, -0.15) is 0 Å². The van der Waals surface area contributed by atoms with Crippen LogP contribution in [0.1, 0.15) is 58.3 Å². The highest BCUT2D eigenvalue weighted by molar-refractivity contribution is 7.22. The van der Waals surface area contributed by atoms with Crippen LogP contribution < -0.4 is 15.0 Å². The van der Waals surface area contributed by atoms with Crippen LogP contribution in [0.5, 0.6) is 11.5 Å². The third kappa shape index (κ3) is 6.89. The Bertz CT molecular complexity index is 2160. The summed E-state index contributed by atoms with van der Waals surface area (Å²) in [6.07, 6.45) is 0.723. The maximum atomic E-state index is 13.8. The van der Waals surface area contributed by atoms with Crippen molar-refractivity contribution in [3.63, 3.8) is 0 Å². The van der Waals surface area contributed by atoms with Crippen molar-refractivity contribution in [2.45, 2.75) is 46.3 Å². The van der Waals surface area contributed by atoms with E-state index in [4.69, 9.17) is 14.5 Å². The first-order valence-electron chi connectivity index (χ1n) is 16.2. The van der Waals surface area contributed by atoms with Crippen LogP contribution in [0.3, 0.4) is 0 Å². The third-order valence-corrected chi connectivity index (χ3v) is 9.33. The number of fused-ring (bicyclic) bond motifs is 2. The zero-order chi connectivity index (χ0) is 34.1. The van der Waals surface area contributed by atoms with Crippen LogP contribution in [0.2, 0.25) is 0 Å². The summed E-state index contributed by atoms with van der Waals surface area (Å²) in [5, 5.41) is 3.57. The summed E-state index contributed by atoms with van der Waals surface area (Å²) in [7, 11) is 0. The maximum absolute atomic E-state index is 13.8. The minimum atomic E-state index is -0.713. The smallest absolute Gasteiger partial charge is 0.358 e. The fourth-order valence-corrected chi connectivity index (χ4v) is 6.90. The van der Waals surface area contributed by atoms with Crippen molar-refractivity contribution in [1.82, 2.24) is 9.97 Å². The Morgan fingerprint density at radius 1 is 0.837 bits per heavy atom. The predicted molar refractivity (Wildman–Crippen MR) is 195 cm³/mol. The van der Waals surface area contributed by atoms with Crippen LogP contribution in [0.4, 0.5) is 10.9 Å². The highest BCUT2D eigenvalue weighted by Crippen LogP contribution is 2.36. The monoisotopic (exact) mass is 668 g/mol. The fraction of sp³-hybridized carbons (Fsp3) is 0.200. The molecule has 6 aromatic rings. The normalized spacial score (nSPS) is 12.8. The Morgan fingerprint density at radius 2 is 1.61 bits per heavy atom. The quantitative estimate of drug-likeness (QED) is 0.170. The number of aromatic nitrogens is 2. The van der Waals surface area contributed by atoms with Gasteiger partial charge in [-0.1, -0.05) is 65.9 Å². The molecule has 1 N–H and O–H groups in total. The van der Waals surface area contributed by atoms with Gasteiger partial charge in [-0.3, -0.25) is 10.1 Å². The highest BCUT2D eigenvalue weighted by Gasteiger charge is 2.28. The fourth-order valence-electron chi connectivity index (χ4n) is 6.04. The number of amides is 1. The van der Waals surface area contributed by atoms with Crippen LogP contribution in [0.25, 0.3) is 21.3 Å². The van der Waals surface area contributed by atoms with Crippen molar-refractivity contribution in [1.29, 1.82) is 0 Å². The van der Waals surface area contributed by atoms with E-state index in [-0.39, 0.29) is 11.6 Å². The molecule has 9 heteroatoms. The molecule has 0 bridgehead atoms. The largest absolute Gasteiger partial charge is 0.457 e. The van der Waals surface area contributed by atoms with Crippen LogP contribution in [0, 0.1) is 6.92 Å². The maximum Gasteiger partial charge on any atom is 0.358 e. The number of para-hydroxylation sites is 2. The number of anilines is 2. The van der Waals surface area contributed by atoms with Gasteiger partial charge >= 0.3 is 5.97 Å². The number of hydrogen-bond donors (Lipinski definition) is 1. The molecule has 7 rings (SSSR count). The number of benzene rings is 4. The Balaban J connectivity index is 1.21. The summed E-state index contributed by atoms with van der Waals surface area (Å²) in [6, 6.07) is 32.9. The zero-order valence-corrected chi connectivity index (χ0v) is 28.6. The summed E-state index contributed by atoms with van der Waals surface area (Å²) >= 11 is 1.45. The second-order valence-corrected chi connectivity index (χ2v) is 14.0. The number of nitrogens with zero attached hydrogens (tertiary/aromatic N) is 3. The second-order valence-electron chi connectivity index (χ2n) is 13.0. The van der Waals surface area contributed by atoms with Crippen molar-refractivity contribution in [3.05, 3.63) is 131 Å². The molecule has 4 aromatic carbocycles. The summed E-state index contributed by atoms with van der Waals surface area (Å²) < 4.78 is 13.1. The number of rotatable bonds is 7. The van der Waals surface area contributed by atoms with Gasteiger partial charge in [0, 0.05) is 24.2 Å². The number of pyridine rings is 1. The van der Waals surface area contributed by atoms with Crippen LogP contribution in [-0.2, 0) is 17.7 Å². The molecule has 0 fully saturated rings. The van der Waals surface area contributed by atoms with E-state index in [0.29, 0.717) is 40.9 Å². The Hall–Kier alpha value is -5.54. The first kappa shape index (κ1) is 32.0. The molecule has 246 valence electrons. The average molecular weight is 669 g/mol. The molecule has 8 nitrogen and oxygen atoms in total. The van der Waals surface area contributed by atoms with Gasteiger partial charge in [0.1, 0.15) is 22.9 Å². The summed E-state index contributed by atoms with van der Waals surface area (Å²) in [4.78, 5) is 39.0. The molecule has 3 heterocycles. The topological polar surface area (TPSA) is 93.6 Å². The van der Waals surface area contributed by atoms with Crippen molar-refractivity contribution < 1.29 is 19.1 Å². The van der Waals surface area contributed by atoms with Crippen LogP contribution in [-0.4, -0.2) is 34.0 Å². The van der Waals surface area contributed by atoms with Crippen molar-refractivity contribution in [2.75, 3.05) is 16.8 Å². The van der Waals surface area contributed by atoms with E-state index in [1.165, 1.54) is 11.3 Å². The molecule has 49 heavy (non-hydrogen) atoms. The Labute approximate surface area is 289 Å². The number of thiazole rings is 1. The average Bonchev–Trinajstić information content (AvgIpc) is 3.50. The molecule has 0 atom stereocenters. The van der Waals surface area contributed by atoms with E-state index >= 15 is 0 Å². The van der Waals surface area contributed by atoms with Crippen molar-refractivity contribution in [2.24, 2.45) is 0 Å². The molecule has 0 saturated carbocycles. The molecule has 0 saturated heterocycles. The number of nitrogens with one attached hydrogen (secondary N) is 1. The first-order chi connectivity index (χ1) is 23.6.